The van der Waals surface area contributed by atoms with Gasteiger partial charge in [-0.15, -0.1) is 0 Å². The van der Waals surface area contributed by atoms with Crippen LogP contribution in [0.5, 0.6) is 0 Å². The number of sulfonamides is 1. The number of aryl methyl sites for hydroxylation is 1. The first-order valence-corrected chi connectivity index (χ1v) is 10.9. The number of amides is 1. The lowest BCUT2D eigenvalue weighted by atomic mass is 10.1. The SMILES string of the molecule is C[C@@H](NC(=O)CCc1ccc(S(=O)(=O)N2CCCC2)cc1)c1ccc(F)cc1. The minimum atomic E-state index is -3.41. The largest absolute Gasteiger partial charge is 0.350 e. The van der Waals surface area contributed by atoms with Crippen molar-refractivity contribution in [3.63, 3.8) is 0 Å². The van der Waals surface area contributed by atoms with Gasteiger partial charge in [-0.25, -0.2) is 12.8 Å². The first-order valence-electron chi connectivity index (χ1n) is 9.50. The molecule has 28 heavy (non-hydrogen) atoms. The third-order valence-corrected chi connectivity index (χ3v) is 6.93. The van der Waals surface area contributed by atoms with Gasteiger partial charge in [0.1, 0.15) is 5.82 Å². The molecule has 0 spiro atoms. The summed E-state index contributed by atoms with van der Waals surface area (Å²) in [6, 6.07) is 12.6. The molecule has 2 aromatic rings. The van der Waals surface area contributed by atoms with Crippen molar-refractivity contribution in [1.82, 2.24) is 9.62 Å². The lowest BCUT2D eigenvalue weighted by Gasteiger charge is -2.16. The van der Waals surface area contributed by atoms with Crippen molar-refractivity contribution in [2.45, 2.75) is 43.5 Å². The maximum absolute atomic E-state index is 13.0. The van der Waals surface area contributed by atoms with Gasteiger partial charge in [0.2, 0.25) is 15.9 Å². The predicted molar refractivity (Wildman–Crippen MR) is 106 cm³/mol. The molecule has 150 valence electrons. The Hall–Kier alpha value is -2.25. The standard InChI is InChI=1S/C21H25FN2O3S/c1-16(18-7-9-19(22)10-8-18)23-21(25)13-6-17-4-11-20(12-5-17)28(26,27)24-14-2-3-15-24/h4-5,7-12,16H,2-3,6,13-15H2,1H3,(H,23,25)/t16-/m1/s1. The molecule has 0 aliphatic carbocycles. The van der Waals surface area contributed by atoms with Gasteiger partial charge >= 0.3 is 0 Å². The second-order valence-electron chi connectivity index (χ2n) is 7.10. The van der Waals surface area contributed by atoms with Crippen molar-refractivity contribution >= 4 is 15.9 Å². The summed E-state index contributed by atoms with van der Waals surface area (Å²) in [6.45, 7) is 3.01. The lowest BCUT2D eigenvalue weighted by Crippen LogP contribution is -2.27. The highest BCUT2D eigenvalue weighted by Gasteiger charge is 2.26. The molecule has 2 aromatic carbocycles. The number of benzene rings is 2. The van der Waals surface area contributed by atoms with E-state index in [-0.39, 0.29) is 17.8 Å². The highest BCUT2D eigenvalue weighted by Crippen LogP contribution is 2.21. The first-order chi connectivity index (χ1) is 13.4. The number of nitrogens with one attached hydrogen (secondary N) is 1. The maximum Gasteiger partial charge on any atom is 0.243 e. The molecule has 3 rings (SSSR count). The predicted octanol–water partition coefficient (Wildman–Crippen LogP) is 3.42. The molecular weight excluding hydrogens is 379 g/mol. The smallest absolute Gasteiger partial charge is 0.243 e. The van der Waals surface area contributed by atoms with E-state index in [4.69, 9.17) is 0 Å². The molecule has 0 unspecified atom stereocenters. The van der Waals surface area contributed by atoms with E-state index < -0.39 is 10.0 Å². The van der Waals surface area contributed by atoms with Crippen LogP contribution in [0.4, 0.5) is 4.39 Å². The molecule has 1 saturated heterocycles. The fraction of sp³-hybridized carbons (Fsp3) is 0.381. The van der Waals surface area contributed by atoms with Crippen LogP contribution in [-0.2, 0) is 21.2 Å². The Morgan fingerprint density at radius 3 is 2.29 bits per heavy atom. The molecule has 5 nitrogen and oxygen atoms in total. The molecule has 0 bridgehead atoms. The van der Waals surface area contributed by atoms with Crippen LogP contribution in [0, 0.1) is 5.82 Å². The van der Waals surface area contributed by atoms with E-state index >= 15 is 0 Å². The molecule has 1 heterocycles. The molecule has 1 amide bonds. The Kier molecular flexibility index (Phi) is 6.46. The minimum absolute atomic E-state index is 0.106. The van der Waals surface area contributed by atoms with E-state index in [1.807, 2.05) is 6.92 Å². The second kappa shape index (κ2) is 8.84. The fourth-order valence-electron chi connectivity index (χ4n) is 3.31. The summed E-state index contributed by atoms with van der Waals surface area (Å²) < 4.78 is 39.6. The molecule has 7 heteroatoms. The highest BCUT2D eigenvalue weighted by molar-refractivity contribution is 7.89. The summed E-state index contributed by atoms with van der Waals surface area (Å²) in [5, 5.41) is 2.89. The summed E-state index contributed by atoms with van der Waals surface area (Å²) in [6.07, 6.45) is 2.63. The van der Waals surface area contributed by atoms with Crippen LogP contribution in [0.2, 0.25) is 0 Å². The quantitative estimate of drug-likeness (QED) is 0.769. The van der Waals surface area contributed by atoms with E-state index in [2.05, 4.69) is 5.32 Å². The Balaban J connectivity index is 1.53. The Morgan fingerprint density at radius 1 is 1.07 bits per heavy atom. The van der Waals surface area contributed by atoms with Gasteiger partial charge in [-0.1, -0.05) is 24.3 Å². The zero-order valence-electron chi connectivity index (χ0n) is 15.9. The number of halogens is 1. The van der Waals surface area contributed by atoms with Crippen molar-refractivity contribution in [2.75, 3.05) is 13.1 Å². The Labute approximate surface area is 165 Å². The van der Waals surface area contributed by atoms with E-state index in [1.54, 1.807) is 36.4 Å². The number of carbonyl (C=O) groups excluding carboxylic acids is 1. The zero-order valence-corrected chi connectivity index (χ0v) is 16.7. The molecule has 0 radical (unpaired) electrons. The van der Waals surface area contributed by atoms with E-state index in [9.17, 15) is 17.6 Å². The van der Waals surface area contributed by atoms with Crippen LogP contribution < -0.4 is 5.32 Å². The Morgan fingerprint density at radius 2 is 1.68 bits per heavy atom. The summed E-state index contributed by atoms with van der Waals surface area (Å²) in [5.74, 6) is -0.414. The molecule has 1 aliphatic heterocycles. The van der Waals surface area contributed by atoms with Crippen LogP contribution in [0.15, 0.2) is 53.4 Å². The average Bonchev–Trinajstić information content (AvgIpc) is 3.23. The number of nitrogens with zero attached hydrogens (tertiary/aromatic N) is 1. The van der Waals surface area contributed by atoms with Gasteiger partial charge in [0, 0.05) is 19.5 Å². The van der Waals surface area contributed by atoms with Gasteiger partial charge < -0.3 is 5.32 Å². The molecule has 1 aliphatic rings. The van der Waals surface area contributed by atoms with Crippen molar-refractivity contribution in [3.05, 3.63) is 65.5 Å². The van der Waals surface area contributed by atoms with E-state index in [0.717, 1.165) is 24.0 Å². The molecular formula is C21H25FN2O3S. The van der Waals surface area contributed by atoms with Crippen molar-refractivity contribution in [2.24, 2.45) is 0 Å². The molecule has 1 N–H and O–H groups in total. The monoisotopic (exact) mass is 404 g/mol. The van der Waals surface area contributed by atoms with Gasteiger partial charge in [0.05, 0.1) is 10.9 Å². The molecule has 1 atom stereocenters. The second-order valence-corrected chi connectivity index (χ2v) is 9.03. The van der Waals surface area contributed by atoms with Gasteiger partial charge in [-0.05, 0) is 61.6 Å². The Bertz CT molecular complexity index is 906. The van der Waals surface area contributed by atoms with Crippen LogP contribution in [0.1, 0.15) is 43.4 Å². The summed E-state index contributed by atoms with van der Waals surface area (Å²) >= 11 is 0. The van der Waals surface area contributed by atoms with Gasteiger partial charge in [0.15, 0.2) is 0 Å². The van der Waals surface area contributed by atoms with Crippen molar-refractivity contribution in [1.29, 1.82) is 0 Å². The summed E-state index contributed by atoms with van der Waals surface area (Å²) in [7, 11) is -3.41. The van der Waals surface area contributed by atoms with Gasteiger partial charge in [0.25, 0.3) is 0 Å². The normalized spacial score (nSPS) is 16.1. The van der Waals surface area contributed by atoms with Crippen LogP contribution >= 0.6 is 0 Å². The van der Waals surface area contributed by atoms with Crippen molar-refractivity contribution < 1.29 is 17.6 Å². The number of carbonyl (C=O) groups is 1. The summed E-state index contributed by atoms with van der Waals surface area (Å²) in [4.78, 5) is 12.5. The maximum atomic E-state index is 13.0. The molecule has 0 saturated carbocycles. The molecule has 1 fully saturated rings. The van der Waals surface area contributed by atoms with Gasteiger partial charge in [-0.2, -0.15) is 4.31 Å². The zero-order chi connectivity index (χ0) is 20.1. The summed E-state index contributed by atoms with van der Waals surface area (Å²) in [5.41, 5.74) is 1.75. The number of rotatable bonds is 7. The van der Waals surface area contributed by atoms with Crippen LogP contribution in [-0.4, -0.2) is 31.7 Å². The van der Waals surface area contributed by atoms with Gasteiger partial charge in [-0.3, -0.25) is 4.79 Å². The van der Waals surface area contributed by atoms with Crippen molar-refractivity contribution in [3.8, 4) is 0 Å². The topological polar surface area (TPSA) is 66.5 Å². The highest BCUT2D eigenvalue weighted by atomic mass is 32.2. The van der Waals surface area contributed by atoms with Crippen LogP contribution in [0.25, 0.3) is 0 Å². The number of hydrogen-bond acceptors (Lipinski definition) is 3. The number of hydrogen-bond donors (Lipinski definition) is 1. The fourth-order valence-corrected chi connectivity index (χ4v) is 4.83. The van der Waals surface area contributed by atoms with E-state index in [1.165, 1.54) is 16.4 Å². The first kappa shape index (κ1) is 20.5. The third-order valence-electron chi connectivity index (χ3n) is 5.01. The van der Waals surface area contributed by atoms with Crippen LogP contribution in [0.3, 0.4) is 0 Å². The molecule has 0 aromatic heterocycles. The average molecular weight is 405 g/mol. The lowest BCUT2D eigenvalue weighted by molar-refractivity contribution is -0.121. The minimum Gasteiger partial charge on any atom is -0.350 e. The van der Waals surface area contributed by atoms with E-state index in [0.29, 0.717) is 30.8 Å². The third kappa shape index (κ3) is 4.97.